The summed E-state index contributed by atoms with van der Waals surface area (Å²) in [6.07, 6.45) is 1.65. The van der Waals surface area contributed by atoms with Gasteiger partial charge >= 0.3 is 5.97 Å². The minimum absolute atomic E-state index is 0.184. The molecule has 0 unspecified atom stereocenters. The zero-order valence-corrected chi connectivity index (χ0v) is 21.2. The Morgan fingerprint density at radius 2 is 1.25 bits per heavy atom. The maximum atomic E-state index is 14.1. The lowest BCUT2D eigenvalue weighted by Crippen LogP contribution is -2.41. The predicted molar refractivity (Wildman–Crippen MR) is 149 cm³/mol. The smallest absolute Gasteiger partial charge is 0.343 e. The number of anilines is 1. The highest BCUT2D eigenvalue weighted by atomic mass is 16.5. The van der Waals surface area contributed by atoms with E-state index in [9.17, 15) is 14.4 Å². The summed E-state index contributed by atoms with van der Waals surface area (Å²) in [4.78, 5) is 47.0. The average molecular weight is 523 g/mol. The number of pyridine rings is 1. The van der Waals surface area contributed by atoms with Gasteiger partial charge in [0, 0.05) is 23.4 Å². The zero-order valence-electron chi connectivity index (χ0n) is 21.2. The van der Waals surface area contributed by atoms with Crippen molar-refractivity contribution in [3.63, 3.8) is 0 Å². The second-order valence-corrected chi connectivity index (χ2v) is 10.5. The molecule has 4 aromatic carbocycles. The quantitative estimate of drug-likeness (QED) is 0.169. The molecule has 40 heavy (non-hydrogen) atoms. The van der Waals surface area contributed by atoms with E-state index in [0.29, 0.717) is 17.0 Å². The van der Waals surface area contributed by atoms with Crippen molar-refractivity contribution in [1.29, 1.82) is 0 Å². The fourth-order valence-corrected chi connectivity index (χ4v) is 7.02. The minimum atomic E-state index is -0.587. The Bertz CT molecular complexity index is 1780. The van der Waals surface area contributed by atoms with Gasteiger partial charge in [-0.3, -0.25) is 14.6 Å². The minimum Gasteiger partial charge on any atom is -0.421 e. The van der Waals surface area contributed by atoms with E-state index in [1.807, 2.05) is 42.5 Å². The van der Waals surface area contributed by atoms with Crippen LogP contribution >= 0.6 is 0 Å². The summed E-state index contributed by atoms with van der Waals surface area (Å²) in [5.41, 5.74) is 5.69. The van der Waals surface area contributed by atoms with Crippen LogP contribution in [0.25, 0.3) is 10.9 Å². The van der Waals surface area contributed by atoms with Crippen molar-refractivity contribution in [2.24, 2.45) is 11.8 Å². The van der Waals surface area contributed by atoms with Gasteiger partial charge in [0.15, 0.2) is 5.75 Å². The number of aromatic nitrogens is 1. The van der Waals surface area contributed by atoms with Crippen LogP contribution in [0.5, 0.6) is 5.75 Å². The molecule has 6 nitrogen and oxygen atoms in total. The van der Waals surface area contributed by atoms with Crippen molar-refractivity contribution in [3.05, 3.63) is 137 Å². The third kappa shape index (κ3) is 3.10. The molecule has 5 aromatic rings. The van der Waals surface area contributed by atoms with Crippen LogP contribution in [-0.2, 0) is 9.59 Å². The summed E-state index contributed by atoms with van der Waals surface area (Å²) >= 11 is 0. The van der Waals surface area contributed by atoms with Crippen molar-refractivity contribution in [1.82, 2.24) is 4.98 Å². The summed E-state index contributed by atoms with van der Waals surface area (Å²) in [6, 6.07) is 32.0. The van der Waals surface area contributed by atoms with Crippen molar-refractivity contribution >= 4 is 34.4 Å². The van der Waals surface area contributed by atoms with Crippen molar-refractivity contribution in [2.45, 2.75) is 11.8 Å². The van der Waals surface area contributed by atoms with Crippen LogP contribution in [0.3, 0.4) is 0 Å². The normalized spacial score (nSPS) is 22.1. The molecule has 0 saturated carbocycles. The van der Waals surface area contributed by atoms with E-state index in [4.69, 9.17) is 4.74 Å². The van der Waals surface area contributed by atoms with Crippen LogP contribution in [0.1, 0.15) is 44.4 Å². The molecular formula is C34H22N2O4. The number of nitrogens with zero attached hydrogens (tertiary/aromatic N) is 2. The summed E-state index contributed by atoms with van der Waals surface area (Å²) in [5, 5.41) is 0.856. The number of rotatable bonds is 3. The molecule has 1 aromatic heterocycles. The summed E-state index contributed by atoms with van der Waals surface area (Å²) in [7, 11) is 0. The number of carbonyl (C=O) groups is 3. The molecule has 1 saturated heterocycles. The van der Waals surface area contributed by atoms with Crippen molar-refractivity contribution < 1.29 is 19.1 Å². The molecule has 0 spiro atoms. The molecule has 192 valence electrons. The fourth-order valence-electron chi connectivity index (χ4n) is 7.02. The number of benzene rings is 4. The van der Waals surface area contributed by atoms with Crippen molar-refractivity contribution in [3.8, 4) is 5.75 Å². The van der Waals surface area contributed by atoms with Gasteiger partial charge in [0.25, 0.3) is 0 Å². The summed E-state index contributed by atoms with van der Waals surface area (Å²) in [5.74, 6) is -2.03. The topological polar surface area (TPSA) is 76.6 Å². The maximum Gasteiger partial charge on any atom is 0.343 e. The first-order valence-corrected chi connectivity index (χ1v) is 13.3. The van der Waals surface area contributed by atoms with E-state index in [0.717, 1.165) is 27.6 Å². The maximum absolute atomic E-state index is 14.1. The van der Waals surface area contributed by atoms with Gasteiger partial charge in [0.2, 0.25) is 11.8 Å². The first kappa shape index (κ1) is 22.8. The van der Waals surface area contributed by atoms with Crippen LogP contribution in [0.15, 0.2) is 109 Å². The molecule has 3 aliphatic carbocycles. The SMILES string of the molecule is O=C(Oc1cccc2cccnc12)c1cccc(N2C(=O)[C@H]3C4c5ccccc5C(c5ccccc54)[C@@H]3C2=O)c1. The molecule has 0 N–H and O–H groups in total. The van der Waals surface area contributed by atoms with E-state index in [1.165, 1.54) is 4.90 Å². The van der Waals surface area contributed by atoms with E-state index in [1.54, 1.807) is 42.6 Å². The molecule has 1 aliphatic heterocycles. The average Bonchev–Trinajstić information content (AvgIpc) is 3.27. The lowest BCUT2D eigenvalue weighted by Gasteiger charge is -2.45. The van der Waals surface area contributed by atoms with Crippen LogP contribution in [-0.4, -0.2) is 22.8 Å². The molecule has 2 amide bonds. The third-order valence-electron chi connectivity index (χ3n) is 8.59. The largest absolute Gasteiger partial charge is 0.421 e. The molecule has 9 rings (SSSR count). The third-order valence-corrected chi connectivity index (χ3v) is 8.59. The first-order valence-electron chi connectivity index (χ1n) is 13.3. The summed E-state index contributed by atoms with van der Waals surface area (Å²) < 4.78 is 5.72. The molecule has 1 fully saturated rings. The van der Waals surface area contributed by atoms with Gasteiger partial charge in [0.1, 0.15) is 5.52 Å². The molecule has 2 heterocycles. The monoisotopic (exact) mass is 522 g/mol. The van der Waals surface area contributed by atoms with Crippen molar-refractivity contribution in [2.75, 3.05) is 4.90 Å². The van der Waals surface area contributed by atoms with Crippen LogP contribution < -0.4 is 9.64 Å². The Kier molecular flexibility index (Phi) is 4.83. The molecule has 2 atom stereocenters. The fraction of sp³-hybridized carbons (Fsp3) is 0.118. The van der Waals surface area contributed by atoms with Crippen LogP contribution in [0, 0.1) is 11.8 Å². The number of amides is 2. The highest BCUT2D eigenvalue weighted by molar-refractivity contribution is 6.23. The Balaban J connectivity index is 1.16. The Morgan fingerprint density at radius 1 is 0.675 bits per heavy atom. The second kappa shape index (κ2) is 8.45. The Labute approximate surface area is 229 Å². The lowest BCUT2D eigenvalue weighted by atomic mass is 9.55. The number of imide groups is 1. The van der Waals surface area contributed by atoms with E-state index < -0.39 is 17.8 Å². The Hall–Kier alpha value is -5.10. The van der Waals surface area contributed by atoms with Gasteiger partial charge in [-0.1, -0.05) is 72.8 Å². The predicted octanol–water partition coefficient (Wildman–Crippen LogP) is 5.85. The van der Waals surface area contributed by atoms with Crippen LogP contribution in [0.2, 0.25) is 0 Å². The van der Waals surface area contributed by atoms with E-state index in [-0.39, 0.29) is 29.2 Å². The molecular weight excluding hydrogens is 500 g/mol. The van der Waals surface area contributed by atoms with Crippen LogP contribution in [0.4, 0.5) is 5.69 Å². The number of fused-ring (bicyclic) bond motifs is 1. The number of para-hydroxylation sites is 1. The lowest BCUT2D eigenvalue weighted by molar-refractivity contribution is -0.122. The number of esters is 1. The first-order chi connectivity index (χ1) is 19.6. The highest BCUT2D eigenvalue weighted by Crippen LogP contribution is 2.61. The van der Waals surface area contributed by atoms with Gasteiger partial charge in [-0.25, -0.2) is 9.69 Å². The van der Waals surface area contributed by atoms with Gasteiger partial charge < -0.3 is 4.74 Å². The molecule has 0 radical (unpaired) electrons. The van der Waals surface area contributed by atoms with E-state index >= 15 is 0 Å². The summed E-state index contributed by atoms with van der Waals surface area (Å²) in [6.45, 7) is 0. The number of ether oxygens (including phenoxy) is 1. The van der Waals surface area contributed by atoms with Gasteiger partial charge in [-0.2, -0.15) is 0 Å². The second-order valence-electron chi connectivity index (χ2n) is 10.5. The molecule has 4 aliphatic rings. The molecule has 6 heteroatoms. The zero-order chi connectivity index (χ0) is 27.0. The van der Waals surface area contributed by atoms with Gasteiger partial charge in [0.05, 0.1) is 23.1 Å². The highest BCUT2D eigenvalue weighted by Gasteiger charge is 2.61. The number of carbonyl (C=O) groups excluding carboxylic acids is 3. The van der Waals surface area contributed by atoms with Gasteiger partial charge in [-0.15, -0.1) is 0 Å². The Morgan fingerprint density at radius 3 is 1.88 bits per heavy atom. The van der Waals surface area contributed by atoms with Gasteiger partial charge in [-0.05, 0) is 52.6 Å². The standard InChI is InChI=1S/C34H22N2O4/c37-32-29-27-22-12-1-2-13-23(22)28(25-15-4-3-14-24(25)27)30(29)33(38)36(32)21-11-5-9-20(18-21)34(39)40-26-16-6-8-19-10-7-17-35-31(19)26/h1-18,27-30H/t27?,28?,29-,30-/m0/s1. The number of hydrogen-bond donors (Lipinski definition) is 0. The molecule has 2 bridgehead atoms. The number of hydrogen-bond acceptors (Lipinski definition) is 5. The van der Waals surface area contributed by atoms with E-state index in [2.05, 4.69) is 29.2 Å².